The zero-order chi connectivity index (χ0) is 22.8. The number of benzene rings is 2. The third-order valence-electron chi connectivity index (χ3n) is 4.59. The summed E-state index contributed by atoms with van der Waals surface area (Å²) in [5.74, 6) is -2.14. The first-order valence-corrected chi connectivity index (χ1v) is 9.97. The number of hydrogen-bond acceptors (Lipinski definition) is 6. The highest BCUT2D eigenvalue weighted by molar-refractivity contribution is 5.96. The molecule has 0 heterocycles. The summed E-state index contributed by atoms with van der Waals surface area (Å²) in [4.78, 5) is 48.7. The number of esters is 2. The number of carbonyl (C=O) groups is 4. The number of ketones is 2. The molecule has 2 aromatic rings. The average molecular weight is 422 g/mol. The molecule has 0 aromatic heterocycles. The van der Waals surface area contributed by atoms with Gasteiger partial charge in [-0.3, -0.25) is 14.4 Å². The molecule has 0 amide bonds. The number of Topliss-reactive ketones (excluding diaryl/α,β-unsaturated/α-hetero) is 2. The van der Waals surface area contributed by atoms with Crippen LogP contribution >= 0.6 is 0 Å². The molecule has 0 aliphatic carbocycles. The molecule has 0 aliphatic heterocycles. The van der Waals surface area contributed by atoms with Gasteiger partial charge < -0.3 is 9.47 Å². The number of hydrogen-bond donors (Lipinski definition) is 0. The van der Waals surface area contributed by atoms with Crippen molar-refractivity contribution in [3.05, 3.63) is 83.9 Å². The first kappa shape index (κ1) is 23.7. The van der Waals surface area contributed by atoms with E-state index < -0.39 is 30.6 Å². The Morgan fingerprint density at radius 3 is 1.61 bits per heavy atom. The third kappa shape index (κ3) is 8.01. The second kappa shape index (κ2) is 11.6. The molecule has 6 heteroatoms. The normalized spacial score (nSPS) is 12.3. The second-order valence-electron chi connectivity index (χ2n) is 7.22. The minimum absolute atomic E-state index is 0.130. The second-order valence-corrected chi connectivity index (χ2v) is 7.22. The molecule has 31 heavy (non-hydrogen) atoms. The van der Waals surface area contributed by atoms with E-state index in [4.69, 9.17) is 9.47 Å². The fourth-order valence-corrected chi connectivity index (χ4v) is 2.74. The number of ether oxygens (including phenoxy) is 2. The van der Waals surface area contributed by atoms with Gasteiger partial charge in [-0.2, -0.15) is 0 Å². The Kier molecular flexibility index (Phi) is 8.88. The molecule has 2 unspecified atom stereocenters. The first-order chi connectivity index (χ1) is 14.8. The maximum atomic E-state index is 12.2. The molecular weight excluding hydrogens is 396 g/mol. The topological polar surface area (TPSA) is 86.7 Å². The summed E-state index contributed by atoms with van der Waals surface area (Å²) in [5.41, 5.74) is 1.48. The molecule has 2 atom stereocenters. The standard InChI is InChI=1S/C25H26O6/c1-17(25(29)31-19(3)23(27)16-21-12-8-5-9-13-21)14-24(28)30-18(2)22(26)15-20-10-6-4-7-11-20/h4-13,18-19H,1,14-16H2,2-3H3. The Hall–Kier alpha value is -3.54. The lowest BCUT2D eigenvalue weighted by Crippen LogP contribution is -2.28. The molecule has 0 spiro atoms. The molecule has 0 saturated heterocycles. The van der Waals surface area contributed by atoms with Gasteiger partial charge >= 0.3 is 11.9 Å². The monoisotopic (exact) mass is 422 g/mol. The van der Waals surface area contributed by atoms with Crippen molar-refractivity contribution in [2.45, 2.75) is 45.3 Å². The molecule has 0 radical (unpaired) electrons. The SMILES string of the molecule is C=C(CC(=O)OC(C)C(=O)Cc1ccccc1)C(=O)OC(C)C(=O)Cc1ccccc1. The Labute approximate surface area is 181 Å². The lowest BCUT2D eigenvalue weighted by molar-refractivity contribution is -0.155. The van der Waals surface area contributed by atoms with Gasteiger partial charge in [0.2, 0.25) is 0 Å². The van der Waals surface area contributed by atoms with E-state index in [2.05, 4.69) is 6.58 Å². The van der Waals surface area contributed by atoms with Gasteiger partial charge in [-0.25, -0.2) is 4.79 Å². The third-order valence-corrected chi connectivity index (χ3v) is 4.59. The van der Waals surface area contributed by atoms with Crippen molar-refractivity contribution in [2.75, 3.05) is 0 Å². The Morgan fingerprint density at radius 2 is 1.16 bits per heavy atom. The van der Waals surface area contributed by atoms with Crippen LogP contribution < -0.4 is 0 Å². The van der Waals surface area contributed by atoms with Gasteiger partial charge in [0.25, 0.3) is 0 Å². The molecule has 2 rings (SSSR count). The predicted octanol–water partition coefficient (Wildman–Crippen LogP) is 3.42. The van der Waals surface area contributed by atoms with E-state index in [0.29, 0.717) is 0 Å². The zero-order valence-electron chi connectivity index (χ0n) is 17.7. The van der Waals surface area contributed by atoms with Crippen LogP contribution in [0.4, 0.5) is 0 Å². The van der Waals surface area contributed by atoms with E-state index in [1.807, 2.05) is 60.7 Å². The van der Waals surface area contributed by atoms with Crippen LogP contribution in [0.3, 0.4) is 0 Å². The van der Waals surface area contributed by atoms with Crippen molar-refractivity contribution < 1.29 is 28.7 Å². The summed E-state index contributed by atoms with van der Waals surface area (Å²) in [6.45, 7) is 6.49. The van der Waals surface area contributed by atoms with Gasteiger partial charge in [0.15, 0.2) is 23.8 Å². The van der Waals surface area contributed by atoms with Gasteiger partial charge in [-0.1, -0.05) is 67.2 Å². The van der Waals surface area contributed by atoms with Crippen molar-refractivity contribution in [3.63, 3.8) is 0 Å². The fourth-order valence-electron chi connectivity index (χ4n) is 2.74. The van der Waals surface area contributed by atoms with Crippen LogP contribution in [-0.4, -0.2) is 35.7 Å². The lowest BCUT2D eigenvalue weighted by atomic mass is 10.1. The van der Waals surface area contributed by atoms with Crippen molar-refractivity contribution in [3.8, 4) is 0 Å². The molecule has 0 fully saturated rings. The minimum atomic E-state index is -0.980. The molecule has 0 N–H and O–H groups in total. The zero-order valence-corrected chi connectivity index (χ0v) is 17.7. The van der Waals surface area contributed by atoms with Crippen LogP contribution in [0.2, 0.25) is 0 Å². The van der Waals surface area contributed by atoms with Gasteiger partial charge in [-0.15, -0.1) is 0 Å². The Morgan fingerprint density at radius 1 is 0.742 bits per heavy atom. The summed E-state index contributed by atoms with van der Waals surface area (Å²) in [6, 6.07) is 18.2. The van der Waals surface area contributed by atoms with Gasteiger partial charge in [-0.05, 0) is 25.0 Å². The summed E-state index contributed by atoms with van der Waals surface area (Å²) < 4.78 is 10.2. The van der Waals surface area contributed by atoms with E-state index in [1.54, 1.807) is 0 Å². The van der Waals surface area contributed by atoms with Crippen LogP contribution in [0.25, 0.3) is 0 Å². The first-order valence-electron chi connectivity index (χ1n) is 9.97. The minimum Gasteiger partial charge on any atom is -0.454 e. The highest BCUT2D eigenvalue weighted by Gasteiger charge is 2.23. The molecule has 0 bridgehead atoms. The van der Waals surface area contributed by atoms with Crippen LogP contribution in [0, 0.1) is 0 Å². The quantitative estimate of drug-likeness (QED) is 0.407. The van der Waals surface area contributed by atoms with Crippen molar-refractivity contribution >= 4 is 23.5 Å². The average Bonchev–Trinajstić information content (AvgIpc) is 2.74. The largest absolute Gasteiger partial charge is 0.454 e. The number of rotatable bonds is 11. The smallest absolute Gasteiger partial charge is 0.334 e. The van der Waals surface area contributed by atoms with Crippen LogP contribution in [0.15, 0.2) is 72.8 Å². The summed E-state index contributed by atoms with van der Waals surface area (Å²) in [7, 11) is 0. The van der Waals surface area contributed by atoms with Crippen molar-refractivity contribution in [2.24, 2.45) is 0 Å². The molecule has 2 aromatic carbocycles. The molecule has 162 valence electrons. The van der Waals surface area contributed by atoms with Gasteiger partial charge in [0.05, 0.1) is 6.42 Å². The molecule has 6 nitrogen and oxygen atoms in total. The number of carbonyl (C=O) groups excluding carboxylic acids is 4. The van der Waals surface area contributed by atoms with Gasteiger partial charge in [0.1, 0.15) is 0 Å². The van der Waals surface area contributed by atoms with E-state index >= 15 is 0 Å². The highest BCUT2D eigenvalue weighted by Crippen LogP contribution is 2.11. The van der Waals surface area contributed by atoms with Crippen LogP contribution in [-0.2, 0) is 41.5 Å². The fraction of sp³-hybridized carbons (Fsp3) is 0.280. The van der Waals surface area contributed by atoms with Crippen molar-refractivity contribution in [1.82, 2.24) is 0 Å². The maximum Gasteiger partial charge on any atom is 0.334 e. The predicted molar refractivity (Wildman–Crippen MR) is 115 cm³/mol. The van der Waals surface area contributed by atoms with E-state index in [0.717, 1.165) is 11.1 Å². The van der Waals surface area contributed by atoms with E-state index in [9.17, 15) is 19.2 Å². The van der Waals surface area contributed by atoms with Gasteiger partial charge in [0, 0.05) is 18.4 Å². The Balaban J connectivity index is 1.77. The highest BCUT2D eigenvalue weighted by atomic mass is 16.6. The van der Waals surface area contributed by atoms with Crippen LogP contribution in [0.1, 0.15) is 31.4 Å². The summed E-state index contributed by atoms with van der Waals surface area (Å²) >= 11 is 0. The molecule has 0 saturated carbocycles. The summed E-state index contributed by atoms with van der Waals surface area (Å²) in [5, 5.41) is 0. The van der Waals surface area contributed by atoms with Crippen molar-refractivity contribution in [1.29, 1.82) is 0 Å². The lowest BCUT2D eigenvalue weighted by Gasteiger charge is -2.15. The maximum absolute atomic E-state index is 12.2. The van der Waals surface area contributed by atoms with Crippen LogP contribution in [0.5, 0.6) is 0 Å². The van der Waals surface area contributed by atoms with E-state index in [-0.39, 0.29) is 30.0 Å². The Bertz CT molecular complexity index is 933. The molecular formula is C25H26O6. The van der Waals surface area contributed by atoms with E-state index in [1.165, 1.54) is 13.8 Å². The molecule has 0 aliphatic rings. The summed E-state index contributed by atoms with van der Waals surface area (Å²) in [6.07, 6.45) is -2.10.